The number of ether oxygens (including phenoxy) is 1. The zero-order chi connectivity index (χ0) is 25.4. The minimum atomic E-state index is -0.317. The number of nitriles is 1. The average molecular weight is 506 g/mol. The fraction of sp³-hybridized carbons (Fsp3) is 0.286. The van der Waals surface area contributed by atoms with Gasteiger partial charge in [-0.25, -0.2) is 0 Å². The Labute approximate surface area is 217 Å². The summed E-state index contributed by atoms with van der Waals surface area (Å²) in [4.78, 5) is 13.1. The number of carbonyl (C=O) groups is 1. The van der Waals surface area contributed by atoms with Crippen LogP contribution < -0.4 is 14.8 Å². The van der Waals surface area contributed by atoms with Gasteiger partial charge in [0.1, 0.15) is 17.9 Å². The lowest BCUT2D eigenvalue weighted by atomic mass is 9.49. The zero-order valence-electron chi connectivity index (χ0n) is 20.1. The Balaban J connectivity index is 1.45. The van der Waals surface area contributed by atoms with Crippen molar-refractivity contribution in [2.24, 2.45) is 10.8 Å². The van der Waals surface area contributed by atoms with Gasteiger partial charge in [0.2, 0.25) is 0 Å². The molecule has 0 aliphatic heterocycles. The molecule has 0 saturated heterocycles. The van der Waals surface area contributed by atoms with Crippen LogP contribution in [0.1, 0.15) is 43.6 Å². The van der Waals surface area contributed by atoms with Crippen molar-refractivity contribution in [3.8, 4) is 22.9 Å². The molecular formula is C28H28ClN3O2S. The van der Waals surface area contributed by atoms with Crippen LogP contribution in [0.2, 0.25) is 5.02 Å². The first kappa shape index (κ1) is 25.0. The lowest BCUT2D eigenvalue weighted by Crippen LogP contribution is -2.74. The number of benzene rings is 3. The van der Waals surface area contributed by atoms with Crippen LogP contribution in [-0.2, 0) is 0 Å². The van der Waals surface area contributed by atoms with Crippen LogP contribution in [0.3, 0.4) is 0 Å². The van der Waals surface area contributed by atoms with Crippen molar-refractivity contribution in [1.82, 2.24) is 5.32 Å². The van der Waals surface area contributed by atoms with Crippen LogP contribution in [0.15, 0.2) is 66.7 Å². The van der Waals surface area contributed by atoms with Crippen molar-refractivity contribution < 1.29 is 9.53 Å². The molecule has 180 valence electrons. The van der Waals surface area contributed by atoms with Crippen molar-refractivity contribution >= 4 is 36.0 Å². The van der Waals surface area contributed by atoms with Gasteiger partial charge >= 0.3 is 0 Å². The lowest BCUT2D eigenvalue weighted by molar-refractivity contribution is -0.164. The number of nitrogens with zero attached hydrogens (tertiary/aromatic N) is 1. The predicted octanol–water partition coefficient (Wildman–Crippen LogP) is 6.75. The Morgan fingerprint density at radius 2 is 1.54 bits per heavy atom. The number of nitrogens with one attached hydrogen (secondary N) is 2. The summed E-state index contributed by atoms with van der Waals surface area (Å²) in [5.74, 6) is 0.496. The number of rotatable bonds is 6. The summed E-state index contributed by atoms with van der Waals surface area (Å²) in [5.41, 5.74) is 3.40. The van der Waals surface area contributed by atoms with Crippen molar-refractivity contribution in [2.45, 2.75) is 39.8 Å². The maximum absolute atomic E-state index is 13.1. The number of thiol groups is 1. The molecule has 0 heterocycles. The zero-order valence-corrected chi connectivity index (χ0v) is 21.7. The summed E-state index contributed by atoms with van der Waals surface area (Å²) < 4.78 is 9.12. The largest absolute Gasteiger partial charge is 0.489 e. The molecule has 3 aromatic rings. The van der Waals surface area contributed by atoms with E-state index in [-0.39, 0.29) is 28.9 Å². The molecule has 35 heavy (non-hydrogen) atoms. The molecule has 3 aromatic carbocycles. The Bertz CT molecular complexity index is 1270. The SMILES string of the molecule is CC1(C)C(NC(=O)c2ccc(-c3ccc(NS)cc3)cc2)C(C)(C)C1Oc1ccc(C#N)c(Cl)c1. The van der Waals surface area contributed by atoms with Gasteiger partial charge in [0.25, 0.3) is 5.91 Å². The minimum Gasteiger partial charge on any atom is -0.489 e. The summed E-state index contributed by atoms with van der Waals surface area (Å²) >= 11 is 10.2. The average Bonchev–Trinajstić information content (AvgIpc) is 2.85. The first-order chi connectivity index (χ1) is 16.6. The van der Waals surface area contributed by atoms with Gasteiger partial charge in [-0.05, 0) is 47.5 Å². The van der Waals surface area contributed by atoms with Gasteiger partial charge in [-0.2, -0.15) is 5.26 Å². The van der Waals surface area contributed by atoms with Gasteiger partial charge in [0.05, 0.1) is 10.6 Å². The number of halogens is 1. The molecule has 0 bridgehead atoms. The molecule has 0 radical (unpaired) electrons. The topological polar surface area (TPSA) is 74.2 Å². The number of anilines is 1. The van der Waals surface area contributed by atoms with E-state index in [9.17, 15) is 4.79 Å². The van der Waals surface area contributed by atoms with Crippen molar-refractivity contribution in [2.75, 3.05) is 4.72 Å². The molecule has 4 rings (SSSR count). The van der Waals surface area contributed by atoms with E-state index in [4.69, 9.17) is 21.6 Å². The highest BCUT2D eigenvalue weighted by molar-refractivity contribution is 7.81. The molecule has 1 aliphatic carbocycles. The standard InChI is InChI=1S/C28H28ClN3O2S/c1-27(2)25(28(3,4)26(27)34-22-14-11-20(16-30)23(29)15-22)31-24(33)19-7-5-17(6-8-19)18-9-12-21(32-35)13-10-18/h5-15,25-26,32,35H,1-4H3,(H,31,33). The monoisotopic (exact) mass is 505 g/mol. The second-order valence-corrected chi connectivity index (χ2v) is 10.7. The number of hydrogen-bond donors (Lipinski definition) is 3. The Kier molecular flexibility index (Phi) is 6.77. The molecule has 1 fully saturated rings. The molecule has 2 N–H and O–H groups in total. The highest BCUT2D eigenvalue weighted by Gasteiger charge is 2.64. The third kappa shape index (κ3) is 4.71. The third-order valence-corrected chi connectivity index (χ3v) is 7.50. The second-order valence-electron chi connectivity index (χ2n) is 10.1. The fourth-order valence-electron chi connectivity index (χ4n) is 5.36. The van der Waals surface area contributed by atoms with E-state index >= 15 is 0 Å². The molecule has 0 spiro atoms. The fourth-order valence-corrected chi connectivity index (χ4v) is 5.72. The second kappa shape index (κ2) is 9.49. The highest BCUT2D eigenvalue weighted by atomic mass is 35.5. The van der Waals surface area contributed by atoms with E-state index in [1.807, 2.05) is 48.5 Å². The maximum atomic E-state index is 13.1. The van der Waals surface area contributed by atoms with E-state index in [0.29, 0.717) is 21.9 Å². The summed E-state index contributed by atoms with van der Waals surface area (Å²) in [7, 11) is 0. The first-order valence-corrected chi connectivity index (χ1v) is 12.2. The first-order valence-electron chi connectivity index (χ1n) is 11.4. The molecule has 0 aromatic heterocycles. The van der Waals surface area contributed by atoms with Gasteiger partial charge in [-0.1, -0.05) is 76.4 Å². The predicted molar refractivity (Wildman–Crippen MR) is 144 cm³/mol. The van der Waals surface area contributed by atoms with Crippen molar-refractivity contribution in [3.63, 3.8) is 0 Å². The molecular weight excluding hydrogens is 478 g/mol. The van der Waals surface area contributed by atoms with Crippen LogP contribution in [0.25, 0.3) is 11.1 Å². The van der Waals surface area contributed by atoms with E-state index in [0.717, 1.165) is 16.8 Å². The highest BCUT2D eigenvalue weighted by Crippen LogP contribution is 2.55. The van der Waals surface area contributed by atoms with Crippen LogP contribution >= 0.6 is 24.4 Å². The quantitative estimate of drug-likeness (QED) is 0.324. The van der Waals surface area contributed by atoms with Crippen molar-refractivity contribution in [1.29, 1.82) is 5.26 Å². The number of carbonyl (C=O) groups excluding carboxylic acids is 1. The van der Waals surface area contributed by atoms with E-state index in [1.165, 1.54) is 0 Å². The van der Waals surface area contributed by atoms with Gasteiger partial charge in [-0.3, -0.25) is 4.79 Å². The van der Waals surface area contributed by atoms with Gasteiger partial charge in [0.15, 0.2) is 0 Å². The summed E-state index contributed by atoms with van der Waals surface area (Å²) in [6.45, 7) is 8.36. The molecule has 1 aliphatic rings. The molecule has 0 atom stereocenters. The van der Waals surface area contributed by atoms with E-state index in [2.05, 4.69) is 56.6 Å². The molecule has 0 unspecified atom stereocenters. The Morgan fingerprint density at radius 3 is 2.06 bits per heavy atom. The summed E-state index contributed by atoms with van der Waals surface area (Å²) in [5, 5.41) is 12.7. The smallest absolute Gasteiger partial charge is 0.251 e. The lowest BCUT2D eigenvalue weighted by Gasteiger charge is -2.63. The van der Waals surface area contributed by atoms with Crippen molar-refractivity contribution in [3.05, 3.63) is 82.9 Å². The Morgan fingerprint density at radius 1 is 0.971 bits per heavy atom. The van der Waals surface area contributed by atoms with Gasteiger partial charge in [-0.15, -0.1) is 0 Å². The van der Waals surface area contributed by atoms with E-state index < -0.39 is 0 Å². The summed E-state index contributed by atoms with van der Waals surface area (Å²) in [6, 6.07) is 22.6. The molecule has 5 nitrogen and oxygen atoms in total. The van der Waals surface area contributed by atoms with Crippen LogP contribution in [-0.4, -0.2) is 18.1 Å². The number of amides is 1. The normalized spacial score (nSPS) is 19.7. The third-order valence-electron chi connectivity index (χ3n) is 6.92. The minimum absolute atomic E-state index is 0.0951. The molecule has 7 heteroatoms. The Hall–Kier alpha value is -3.14. The van der Waals surface area contributed by atoms with Crippen LogP contribution in [0.5, 0.6) is 5.75 Å². The maximum Gasteiger partial charge on any atom is 0.251 e. The van der Waals surface area contributed by atoms with Crippen LogP contribution in [0.4, 0.5) is 5.69 Å². The van der Waals surface area contributed by atoms with Crippen LogP contribution in [0, 0.1) is 22.2 Å². The van der Waals surface area contributed by atoms with E-state index in [1.54, 1.807) is 18.2 Å². The van der Waals surface area contributed by atoms with Gasteiger partial charge in [0, 0.05) is 34.2 Å². The summed E-state index contributed by atoms with van der Waals surface area (Å²) in [6.07, 6.45) is -0.151. The number of hydrogen-bond acceptors (Lipinski definition) is 5. The van der Waals surface area contributed by atoms with Gasteiger partial charge < -0.3 is 14.8 Å². The molecule has 1 saturated carbocycles. The molecule has 1 amide bonds.